The van der Waals surface area contributed by atoms with Gasteiger partial charge in [-0.05, 0) is 31.0 Å². The van der Waals surface area contributed by atoms with E-state index in [9.17, 15) is 14.3 Å². The molecule has 2 rings (SSSR count). The molecule has 0 bridgehead atoms. The third kappa shape index (κ3) is 3.49. The van der Waals surface area contributed by atoms with Crippen LogP contribution in [0.15, 0.2) is 18.2 Å². The largest absolute Gasteiger partial charge is 0.396 e. The van der Waals surface area contributed by atoms with Crippen molar-refractivity contribution in [1.82, 2.24) is 5.32 Å². The second-order valence-electron chi connectivity index (χ2n) is 5.53. The molecule has 0 aromatic heterocycles. The molecule has 0 radical (unpaired) electrons. The van der Waals surface area contributed by atoms with Crippen LogP contribution in [0.3, 0.4) is 0 Å². The van der Waals surface area contributed by atoms with E-state index < -0.39 is 5.82 Å². The minimum Gasteiger partial charge on any atom is -0.396 e. The summed E-state index contributed by atoms with van der Waals surface area (Å²) in [6.45, 7) is 0.523. The van der Waals surface area contributed by atoms with Crippen LogP contribution >= 0.6 is 11.6 Å². The maximum absolute atomic E-state index is 13.1. The van der Waals surface area contributed by atoms with Gasteiger partial charge in [-0.1, -0.05) is 30.9 Å². The molecular formula is C15H19ClFNO2. The van der Waals surface area contributed by atoms with Crippen LogP contribution in [0, 0.1) is 11.2 Å². The molecule has 0 heterocycles. The lowest BCUT2D eigenvalue weighted by atomic mass is 9.74. The highest BCUT2D eigenvalue weighted by atomic mass is 35.5. The predicted octanol–water partition coefficient (Wildman–Crippen LogP) is 3.15. The highest BCUT2D eigenvalue weighted by Gasteiger charge is 2.31. The number of amides is 1. The van der Waals surface area contributed by atoms with E-state index in [4.69, 9.17) is 11.6 Å². The van der Waals surface area contributed by atoms with Crippen molar-refractivity contribution in [2.24, 2.45) is 5.41 Å². The molecule has 1 saturated carbocycles. The van der Waals surface area contributed by atoms with Crippen molar-refractivity contribution < 1.29 is 14.3 Å². The number of carbonyl (C=O) groups excluding carboxylic acids is 1. The topological polar surface area (TPSA) is 49.3 Å². The molecule has 1 fully saturated rings. The van der Waals surface area contributed by atoms with Crippen molar-refractivity contribution in [3.05, 3.63) is 34.6 Å². The zero-order chi connectivity index (χ0) is 14.6. The summed E-state index contributed by atoms with van der Waals surface area (Å²) in [6, 6.07) is 3.90. The van der Waals surface area contributed by atoms with Gasteiger partial charge in [0.15, 0.2) is 0 Å². The number of aliphatic hydroxyl groups is 1. The van der Waals surface area contributed by atoms with Gasteiger partial charge in [-0.2, -0.15) is 0 Å². The number of hydrogen-bond acceptors (Lipinski definition) is 2. The first-order valence-corrected chi connectivity index (χ1v) is 7.28. The molecule has 110 valence electrons. The third-order valence-corrected chi connectivity index (χ3v) is 4.35. The predicted molar refractivity (Wildman–Crippen MR) is 76.3 cm³/mol. The Kier molecular flexibility index (Phi) is 5.00. The molecule has 3 nitrogen and oxygen atoms in total. The average Bonchev–Trinajstić information content (AvgIpc) is 2.48. The minimum absolute atomic E-state index is 0.0628. The molecule has 0 aliphatic heterocycles. The SMILES string of the molecule is O=C(NCC1(CO)CCCCC1)c1ccc(F)c(Cl)c1. The molecule has 1 aromatic carbocycles. The summed E-state index contributed by atoms with van der Waals surface area (Å²) in [5.41, 5.74) is 0.123. The Morgan fingerprint density at radius 1 is 1.35 bits per heavy atom. The number of aliphatic hydroxyl groups excluding tert-OH is 1. The zero-order valence-electron chi connectivity index (χ0n) is 11.3. The van der Waals surface area contributed by atoms with Crippen LogP contribution in [0.25, 0.3) is 0 Å². The molecule has 0 unspecified atom stereocenters. The lowest BCUT2D eigenvalue weighted by Gasteiger charge is -2.35. The first-order chi connectivity index (χ1) is 9.56. The monoisotopic (exact) mass is 299 g/mol. The summed E-state index contributed by atoms with van der Waals surface area (Å²) in [6.07, 6.45) is 5.20. The quantitative estimate of drug-likeness (QED) is 0.897. The van der Waals surface area contributed by atoms with Crippen molar-refractivity contribution in [2.45, 2.75) is 32.1 Å². The Morgan fingerprint density at radius 3 is 2.65 bits per heavy atom. The van der Waals surface area contributed by atoms with Gasteiger partial charge in [0.05, 0.1) is 11.6 Å². The number of carbonyl (C=O) groups is 1. The van der Waals surface area contributed by atoms with Crippen LogP contribution in [-0.4, -0.2) is 24.2 Å². The molecule has 0 saturated heterocycles. The fourth-order valence-electron chi connectivity index (χ4n) is 2.70. The fourth-order valence-corrected chi connectivity index (χ4v) is 2.88. The van der Waals surface area contributed by atoms with E-state index in [1.54, 1.807) is 0 Å². The standard InChI is InChI=1S/C15H19ClFNO2/c16-12-8-11(4-5-13(12)17)14(20)18-9-15(10-19)6-2-1-3-7-15/h4-5,8,19H,1-3,6-7,9-10H2,(H,18,20). The van der Waals surface area contributed by atoms with Gasteiger partial charge in [-0.3, -0.25) is 4.79 Å². The fraction of sp³-hybridized carbons (Fsp3) is 0.533. The number of benzene rings is 1. The molecule has 20 heavy (non-hydrogen) atoms. The maximum atomic E-state index is 13.1. The van der Waals surface area contributed by atoms with E-state index in [0.29, 0.717) is 12.1 Å². The number of rotatable bonds is 4. The van der Waals surface area contributed by atoms with Gasteiger partial charge < -0.3 is 10.4 Å². The number of hydrogen-bond donors (Lipinski definition) is 2. The highest BCUT2D eigenvalue weighted by Crippen LogP contribution is 2.35. The van der Waals surface area contributed by atoms with Crippen LogP contribution in [0.1, 0.15) is 42.5 Å². The Morgan fingerprint density at radius 2 is 2.05 bits per heavy atom. The van der Waals surface area contributed by atoms with Crippen molar-refractivity contribution in [3.8, 4) is 0 Å². The van der Waals surface area contributed by atoms with Crippen molar-refractivity contribution >= 4 is 17.5 Å². The summed E-state index contributed by atoms with van der Waals surface area (Å²) in [4.78, 5) is 12.0. The first-order valence-electron chi connectivity index (χ1n) is 6.90. The van der Waals surface area contributed by atoms with E-state index in [1.165, 1.54) is 24.6 Å². The van der Waals surface area contributed by atoms with Gasteiger partial charge in [0.1, 0.15) is 5.82 Å². The summed E-state index contributed by atoms with van der Waals surface area (Å²) in [7, 11) is 0. The Bertz CT molecular complexity index is 487. The number of nitrogens with one attached hydrogen (secondary N) is 1. The molecule has 1 aliphatic carbocycles. The molecule has 1 amide bonds. The van der Waals surface area contributed by atoms with Gasteiger partial charge in [-0.25, -0.2) is 4.39 Å². The van der Waals surface area contributed by atoms with Crippen LogP contribution in [0.5, 0.6) is 0 Å². The summed E-state index contributed by atoms with van der Waals surface area (Å²) >= 11 is 5.67. The maximum Gasteiger partial charge on any atom is 0.251 e. The van der Waals surface area contributed by atoms with E-state index >= 15 is 0 Å². The van der Waals surface area contributed by atoms with E-state index in [0.717, 1.165) is 25.7 Å². The van der Waals surface area contributed by atoms with Gasteiger partial charge in [0.2, 0.25) is 0 Å². The van der Waals surface area contributed by atoms with Crippen LogP contribution in [0.2, 0.25) is 5.02 Å². The lowest BCUT2D eigenvalue weighted by molar-refractivity contribution is 0.0718. The lowest BCUT2D eigenvalue weighted by Crippen LogP contribution is -2.41. The van der Waals surface area contributed by atoms with Gasteiger partial charge >= 0.3 is 0 Å². The molecule has 1 aromatic rings. The smallest absolute Gasteiger partial charge is 0.251 e. The molecule has 1 aliphatic rings. The Balaban J connectivity index is 1.98. The van der Waals surface area contributed by atoms with Gasteiger partial charge in [0, 0.05) is 17.5 Å². The first kappa shape index (κ1) is 15.3. The van der Waals surface area contributed by atoms with Gasteiger partial charge in [-0.15, -0.1) is 0 Å². The van der Waals surface area contributed by atoms with Crippen molar-refractivity contribution in [2.75, 3.05) is 13.2 Å². The highest BCUT2D eigenvalue weighted by molar-refractivity contribution is 6.31. The van der Waals surface area contributed by atoms with E-state index in [2.05, 4.69) is 5.32 Å². The normalized spacial score (nSPS) is 17.8. The van der Waals surface area contributed by atoms with Crippen LogP contribution < -0.4 is 5.32 Å². The Hall–Kier alpha value is -1.13. The second-order valence-corrected chi connectivity index (χ2v) is 5.94. The summed E-state index contributed by atoms with van der Waals surface area (Å²) < 4.78 is 13.1. The molecule has 2 N–H and O–H groups in total. The van der Waals surface area contributed by atoms with E-state index in [1.807, 2.05) is 0 Å². The summed E-state index contributed by atoms with van der Waals surface area (Å²) in [5.74, 6) is -0.826. The van der Waals surface area contributed by atoms with Crippen LogP contribution in [0.4, 0.5) is 4.39 Å². The molecule has 0 spiro atoms. The molecule has 0 atom stereocenters. The van der Waals surface area contributed by atoms with Crippen molar-refractivity contribution in [1.29, 1.82) is 0 Å². The molecule has 5 heteroatoms. The molecular weight excluding hydrogens is 281 g/mol. The summed E-state index contributed by atoms with van der Waals surface area (Å²) in [5, 5.41) is 12.3. The van der Waals surface area contributed by atoms with E-state index in [-0.39, 0.29) is 23.0 Å². The third-order valence-electron chi connectivity index (χ3n) is 4.06. The van der Waals surface area contributed by atoms with Crippen molar-refractivity contribution in [3.63, 3.8) is 0 Å². The van der Waals surface area contributed by atoms with Crippen LogP contribution in [-0.2, 0) is 0 Å². The minimum atomic E-state index is -0.540. The average molecular weight is 300 g/mol. The zero-order valence-corrected chi connectivity index (χ0v) is 12.0. The second kappa shape index (κ2) is 6.55. The Labute approximate surface area is 123 Å². The van der Waals surface area contributed by atoms with Gasteiger partial charge in [0.25, 0.3) is 5.91 Å². The number of halogens is 2.